The van der Waals surface area contributed by atoms with Crippen molar-refractivity contribution >= 4 is 0 Å². The molecule has 1 atom stereocenters. The predicted molar refractivity (Wildman–Crippen MR) is 59.2 cm³/mol. The molecule has 80 valence electrons. The Balaban J connectivity index is 2.47. The van der Waals surface area contributed by atoms with E-state index in [1.165, 1.54) is 5.56 Å². The quantitative estimate of drug-likeness (QED) is 0.780. The lowest BCUT2D eigenvalue weighted by Crippen LogP contribution is -2.22. The summed E-state index contributed by atoms with van der Waals surface area (Å²) in [5, 5.41) is 7.74. The van der Waals surface area contributed by atoms with Crippen LogP contribution in [0.2, 0.25) is 0 Å². The second-order valence-corrected chi connectivity index (χ2v) is 4.15. The van der Waals surface area contributed by atoms with Crippen molar-refractivity contribution in [2.75, 3.05) is 6.54 Å². The molecule has 1 aromatic heterocycles. The molecule has 1 unspecified atom stereocenters. The van der Waals surface area contributed by atoms with Crippen LogP contribution in [0, 0.1) is 5.92 Å². The van der Waals surface area contributed by atoms with Crippen LogP contribution in [0.3, 0.4) is 0 Å². The van der Waals surface area contributed by atoms with Crippen molar-refractivity contribution in [1.82, 2.24) is 15.1 Å². The van der Waals surface area contributed by atoms with Crippen LogP contribution in [0.1, 0.15) is 39.3 Å². The average molecular weight is 195 g/mol. The molecule has 3 nitrogen and oxygen atoms in total. The van der Waals surface area contributed by atoms with Crippen LogP contribution in [-0.2, 0) is 6.54 Å². The van der Waals surface area contributed by atoms with Gasteiger partial charge < -0.3 is 5.32 Å². The van der Waals surface area contributed by atoms with Gasteiger partial charge in [-0.05, 0) is 26.3 Å². The minimum atomic E-state index is 0.401. The fourth-order valence-corrected chi connectivity index (χ4v) is 1.31. The molecular weight excluding hydrogens is 174 g/mol. The number of aromatic nitrogens is 2. The number of nitrogens with one attached hydrogen (secondary N) is 1. The number of hydrogen-bond acceptors (Lipinski definition) is 2. The Kier molecular flexibility index (Phi) is 4.14. The third kappa shape index (κ3) is 3.14. The van der Waals surface area contributed by atoms with E-state index in [1.54, 1.807) is 0 Å². The van der Waals surface area contributed by atoms with Gasteiger partial charge in [-0.3, -0.25) is 4.68 Å². The van der Waals surface area contributed by atoms with E-state index in [-0.39, 0.29) is 0 Å². The van der Waals surface area contributed by atoms with E-state index in [2.05, 4.69) is 44.3 Å². The van der Waals surface area contributed by atoms with Gasteiger partial charge in [-0.1, -0.05) is 13.8 Å². The van der Waals surface area contributed by atoms with Gasteiger partial charge in [0.2, 0.25) is 0 Å². The summed E-state index contributed by atoms with van der Waals surface area (Å²) in [6.45, 7) is 10.7. The Bertz CT molecular complexity index is 265. The summed E-state index contributed by atoms with van der Waals surface area (Å²) >= 11 is 0. The number of aryl methyl sites for hydroxylation is 1. The largest absolute Gasteiger partial charge is 0.310 e. The normalized spacial score (nSPS) is 13.5. The average Bonchev–Trinajstić information content (AvgIpc) is 2.62. The lowest BCUT2D eigenvalue weighted by molar-refractivity contribution is 0.496. The minimum absolute atomic E-state index is 0.401. The molecule has 0 fully saturated rings. The van der Waals surface area contributed by atoms with Crippen molar-refractivity contribution in [2.45, 2.75) is 40.3 Å². The van der Waals surface area contributed by atoms with Crippen LogP contribution in [0.4, 0.5) is 0 Å². The maximum atomic E-state index is 4.26. The topological polar surface area (TPSA) is 29.9 Å². The fraction of sp³-hybridized carbons (Fsp3) is 0.727. The Morgan fingerprint density at radius 1 is 1.43 bits per heavy atom. The predicted octanol–water partition coefficient (Wildman–Crippen LogP) is 2.21. The van der Waals surface area contributed by atoms with Gasteiger partial charge in [0.1, 0.15) is 0 Å². The van der Waals surface area contributed by atoms with Gasteiger partial charge in [0.05, 0.1) is 6.20 Å². The highest BCUT2D eigenvalue weighted by Gasteiger charge is 2.07. The van der Waals surface area contributed by atoms with Crippen molar-refractivity contribution in [3.05, 3.63) is 18.0 Å². The van der Waals surface area contributed by atoms with Crippen LogP contribution in [0.25, 0.3) is 0 Å². The van der Waals surface area contributed by atoms with Crippen LogP contribution in [-0.4, -0.2) is 16.3 Å². The monoisotopic (exact) mass is 195 g/mol. The summed E-state index contributed by atoms with van der Waals surface area (Å²) in [5.41, 5.74) is 1.27. The summed E-state index contributed by atoms with van der Waals surface area (Å²) in [7, 11) is 0. The van der Waals surface area contributed by atoms with Gasteiger partial charge in [0.15, 0.2) is 0 Å². The van der Waals surface area contributed by atoms with Gasteiger partial charge in [-0.2, -0.15) is 5.10 Å². The highest BCUT2D eigenvalue weighted by atomic mass is 15.3. The molecule has 0 saturated carbocycles. The summed E-state index contributed by atoms with van der Waals surface area (Å²) in [6.07, 6.45) is 4.06. The number of rotatable bonds is 5. The van der Waals surface area contributed by atoms with Crippen molar-refractivity contribution in [2.24, 2.45) is 5.92 Å². The first kappa shape index (κ1) is 11.2. The minimum Gasteiger partial charge on any atom is -0.310 e. The van der Waals surface area contributed by atoms with Gasteiger partial charge in [-0.15, -0.1) is 0 Å². The van der Waals surface area contributed by atoms with Crippen molar-refractivity contribution in [3.63, 3.8) is 0 Å². The van der Waals surface area contributed by atoms with Crippen LogP contribution >= 0.6 is 0 Å². The Morgan fingerprint density at radius 2 is 2.14 bits per heavy atom. The van der Waals surface area contributed by atoms with E-state index in [0.29, 0.717) is 12.0 Å². The Hall–Kier alpha value is -0.830. The molecule has 3 heteroatoms. The van der Waals surface area contributed by atoms with E-state index in [9.17, 15) is 0 Å². The smallest absolute Gasteiger partial charge is 0.0537 e. The van der Waals surface area contributed by atoms with E-state index >= 15 is 0 Å². The van der Waals surface area contributed by atoms with Crippen LogP contribution < -0.4 is 5.32 Å². The highest BCUT2D eigenvalue weighted by molar-refractivity contribution is 5.08. The molecule has 1 aromatic rings. The van der Waals surface area contributed by atoms with Gasteiger partial charge >= 0.3 is 0 Å². The molecule has 14 heavy (non-hydrogen) atoms. The third-order valence-electron chi connectivity index (χ3n) is 2.31. The van der Waals surface area contributed by atoms with E-state index in [4.69, 9.17) is 0 Å². The molecule has 0 aromatic carbocycles. The third-order valence-corrected chi connectivity index (χ3v) is 2.31. The van der Waals surface area contributed by atoms with Gasteiger partial charge in [0, 0.05) is 24.3 Å². The summed E-state index contributed by atoms with van der Waals surface area (Å²) in [5.74, 6) is 0.693. The highest BCUT2D eigenvalue weighted by Crippen LogP contribution is 2.10. The molecule has 0 aliphatic rings. The molecule has 1 heterocycles. The molecule has 0 aliphatic heterocycles. The summed E-state index contributed by atoms with van der Waals surface area (Å²) in [4.78, 5) is 0. The standard InChI is InChI=1S/C11H21N3/c1-5-14-8-11(7-13-14)10(4)12-6-9(2)3/h7-10,12H,5-6H2,1-4H3. The zero-order chi connectivity index (χ0) is 10.6. The Labute approximate surface area is 86.5 Å². The van der Waals surface area contributed by atoms with E-state index < -0.39 is 0 Å². The maximum Gasteiger partial charge on any atom is 0.0537 e. The molecule has 0 radical (unpaired) electrons. The summed E-state index contributed by atoms with van der Waals surface area (Å²) < 4.78 is 1.96. The summed E-state index contributed by atoms with van der Waals surface area (Å²) in [6, 6.07) is 0.401. The molecule has 0 amide bonds. The molecule has 0 aliphatic carbocycles. The lowest BCUT2D eigenvalue weighted by Gasteiger charge is -2.13. The van der Waals surface area contributed by atoms with Crippen molar-refractivity contribution in [3.8, 4) is 0 Å². The molecule has 0 bridgehead atoms. The SMILES string of the molecule is CCn1cc(C(C)NCC(C)C)cn1. The van der Waals surface area contributed by atoms with Gasteiger partial charge in [-0.25, -0.2) is 0 Å². The lowest BCUT2D eigenvalue weighted by atomic mass is 10.1. The molecule has 0 spiro atoms. The maximum absolute atomic E-state index is 4.26. The molecule has 1 N–H and O–H groups in total. The zero-order valence-electron chi connectivity index (χ0n) is 9.62. The van der Waals surface area contributed by atoms with E-state index in [0.717, 1.165) is 13.1 Å². The van der Waals surface area contributed by atoms with Crippen molar-refractivity contribution < 1.29 is 0 Å². The fourth-order valence-electron chi connectivity index (χ4n) is 1.31. The zero-order valence-corrected chi connectivity index (χ0v) is 9.62. The first-order chi connectivity index (χ1) is 6.63. The number of nitrogens with zero attached hydrogens (tertiary/aromatic N) is 2. The second kappa shape index (κ2) is 5.15. The van der Waals surface area contributed by atoms with Crippen LogP contribution in [0.5, 0.6) is 0 Å². The van der Waals surface area contributed by atoms with Gasteiger partial charge in [0.25, 0.3) is 0 Å². The molecule has 0 saturated heterocycles. The van der Waals surface area contributed by atoms with Crippen molar-refractivity contribution in [1.29, 1.82) is 0 Å². The molecular formula is C11H21N3. The Morgan fingerprint density at radius 3 is 2.64 bits per heavy atom. The first-order valence-electron chi connectivity index (χ1n) is 5.39. The number of hydrogen-bond donors (Lipinski definition) is 1. The van der Waals surface area contributed by atoms with E-state index in [1.807, 2.05) is 10.9 Å². The first-order valence-corrected chi connectivity index (χ1v) is 5.39. The molecule has 1 rings (SSSR count). The van der Waals surface area contributed by atoms with Crippen LogP contribution in [0.15, 0.2) is 12.4 Å². The second-order valence-electron chi connectivity index (χ2n) is 4.15.